The molecule has 1 unspecified atom stereocenters. The van der Waals surface area contributed by atoms with Crippen molar-refractivity contribution in [3.8, 4) is 0 Å². The maximum absolute atomic E-state index is 12.3. The van der Waals surface area contributed by atoms with Crippen LogP contribution in [0.2, 0.25) is 0 Å². The topological polar surface area (TPSA) is 67.2 Å². The van der Waals surface area contributed by atoms with E-state index in [1.165, 1.54) is 11.3 Å². The minimum absolute atomic E-state index is 0.0759. The summed E-state index contributed by atoms with van der Waals surface area (Å²) in [6, 6.07) is 1.90. The standard InChI is InChI=1S/C16H25N3O2S/c1-9(2)13-11-7-12(22-15(11)19(6)18-13)14(20)17-8-16(5,21)10(3)4/h7,9-10,21H,8H2,1-6H3,(H,17,20). The molecule has 22 heavy (non-hydrogen) atoms. The number of hydrogen-bond donors (Lipinski definition) is 2. The van der Waals surface area contributed by atoms with Crippen LogP contribution in [0.1, 0.15) is 55.9 Å². The summed E-state index contributed by atoms with van der Waals surface area (Å²) in [6.45, 7) is 10.0. The van der Waals surface area contributed by atoms with Crippen LogP contribution in [-0.2, 0) is 7.05 Å². The highest BCUT2D eigenvalue weighted by atomic mass is 32.1. The van der Waals surface area contributed by atoms with Crippen LogP contribution in [0.25, 0.3) is 10.2 Å². The molecule has 6 heteroatoms. The lowest BCUT2D eigenvalue weighted by Crippen LogP contribution is -2.44. The normalized spacial score (nSPS) is 14.8. The number of aryl methyl sites for hydroxylation is 1. The van der Waals surface area contributed by atoms with Crippen molar-refractivity contribution in [2.45, 2.75) is 46.1 Å². The molecular weight excluding hydrogens is 298 g/mol. The molecule has 0 saturated carbocycles. The third-order valence-corrected chi connectivity index (χ3v) is 5.36. The molecule has 0 aliphatic heterocycles. The van der Waals surface area contributed by atoms with Crippen molar-refractivity contribution >= 4 is 27.5 Å². The molecule has 1 atom stereocenters. The lowest BCUT2D eigenvalue weighted by molar-refractivity contribution is 0.0143. The van der Waals surface area contributed by atoms with Crippen LogP contribution >= 0.6 is 11.3 Å². The van der Waals surface area contributed by atoms with E-state index >= 15 is 0 Å². The molecule has 0 fully saturated rings. The number of rotatable bonds is 5. The first-order valence-corrected chi connectivity index (χ1v) is 8.42. The third kappa shape index (κ3) is 3.17. The number of carbonyl (C=O) groups is 1. The summed E-state index contributed by atoms with van der Waals surface area (Å²) in [5, 5.41) is 18.6. The Morgan fingerprint density at radius 3 is 2.64 bits per heavy atom. The molecule has 0 bridgehead atoms. The second-order valence-electron chi connectivity index (χ2n) is 6.69. The Morgan fingerprint density at radius 2 is 2.09 bits per heavy atom. The number of aliphatic hydroxyl groups is 1. The highest BCUT2D eigenvalue weighted by Crippen LogP contribution is 2.31. The maximum atomic E-state index is 12.3. The zero-order chi connectivity index (χ0) is 16.7. The highest BCUT2D eigenvalue weighted by Gasteiger charge is 2.26. The van der Waals surface area contributed by atoms with E-state index in [2.05, 4.69) is 24.3 Å². The number of hydrogen-bond acceptors (Lipinski definition) is 4. The number of amides is 1. The molecule has 0 saturated heterocycles. The van der Waals surface area contributed by atoms with Crippen LogP contribution < -0.4 is 5.32 Å². The van der Waals surface area contributed by atoms with Crippen LogP contribution in [0.5, 0.6) is 0 Å². The Kier molecular flexibility index (Phi) is 4.63. The molecule has 0 spiro atoms. The second-order valence-corrected chi connectivity index (χ2v) is 7.72. The van der Waals surface area contributed by atoms with Gasteiger partial charge in [0.15, 0.2) is 0 Å². The number of nitrogens with zero attached hydrogens (tertiary/aromatic N) is 2. The molecule has 1 amide bonds. The van der Waals surface area contributed by atoms with E-state index in [1.807, 2.05) is 31.6 Å². The molecule has 0 aliphatic carbocycles. The molecule has 0 aliphatic rings. The molecule has 2 N–H and O–H groups in total. The van der Waals surface area contributed by atoms with Crippen molar-refractivity contribution in [3.63, 3.8) is 0 Å². The van der Waals surface area contributed by atoms with Gasteiger partial charge in [-0.05, 0) is 24.8 Å². The van der Waals surface area contributed by atoms with Crippen LogP contribution in [0.15, 0.2) is 6.07 Å². The van der Waals surface area contributed by atoms with Gasteiger partial charge >= 0.3 is 0 Å². The Balaban J connectivity index is 2.21. The third-order valence-electron chi connectivity index (χ3n) is 4.16. The number of thiophene rings is 1. The smallest absolute Gasteiger partial charge is 0.261 e. The molecule has 2 rings (SSSR count). The van der Waals surface area contributed by atoms with Crippen LogP contribution in [0, 0.1) is 5.92 Å². The quantitative estimate of drug-likeness (QED) is 0.889. The molecular formula is C16H25N3O2S. The van der Waals surface area contributed by atoms with E-state index in [1.54, 1.807) is 6.92 Å². The number of carbonyl (C=O) groups excluding carboxylic acids is 1. The largest absolute Gasteiger partial charge is 0.388 e. The molecule has 0 aromatic carbocycles. The molecule has 2 aromatic rings. The van der Waals surface area contributed by atoms with Crippen molar-refractivity contribution in [2.24, 2.45) is 13.0 Å². The fraction of sp³-hybridized carbons (Fsp3) is 0.625. The van der Waals surface area contributed by atoms with Gasteiger partial charge in [-0.15, -0.1) is 11.3 Å². The Morgan fingerprint density at radius 1 is 1.45 bits per heavy atom. The fourth-order valence-electron chi connectivity index (χ4n) is 2.16. The lowest BCUT2D eigenvalue weighted by Gasteiger charge is -2.27. The number of aromatic nitrogens is 2. The highest BCUT2D eigenvalue weighted by molar-refractivity contribution is 7.20. The SMILES string of the molecule is CC(C)c1nn(C)c2sc(C(=O)NCC(C)(O)C(C)C)cc12. The van der Waals surface area contributed by atoms with Gasteiger partial charge < -0.3 is 10.4 Å². The second kappa shape index (κ2) is 6.01. The predicted molar refractivity (Wildman–Crippen MR) is 90.5 cm³/mol. The van der Waals surface area contributed by atoms with Gasteiger partial charge in [-0.2, -0.15) is 5.10 Å². The Bertz CT molecular complexity index is 683. The van der Waals surface area contributed by atoms with E-state index in [-0.39, 0.29) is 18.4 Å². The summed E-state index contributed by atoms with van der Waals surface area (Å²) in [6.07, 6.45) is 0. The van der Waals surface area contributed by atoms with Crippen molar-refractivity contribution in [1.82, 2.24) is 15.1 Å². The first-order valence-electron chi connectivity index (χ1n) is 7.60. The van der Waals surface area contributed by atoms with E-state index in [0.717, 1.165) is 15.9 Å². The number of nitrogens with one attached hydrogen (secondary N) is 1. The summed E-state index contributed by atoms with van der Waals surface area (Å²) in [4.78, 5) is 14.0. The summed E-state index contributed by atoms with van der Waals surface area (Å²) >= 11 is 1.44. The minimum atomic E-state index is -0.906. The van der Waals surface area contributed by atoms with Gasteiger partial charge in [0.2, 0.25) is 0 Å². The molecule has 2 heterocycles. The first kappa shape index (κ1) is 17.0. The average molecular weight is 323 g/mol. The lowest BCUT2D eigenvalue weighted by atomic mass is 9.92. The Hall–Kier alpha value is -1.40. The fourth-order valence-corrected chi connectivity index (χ4v) is 3.15. The molecule has 0 radical (unpaired) electrons. The van der Waals surface area contributed by atoms with Crippen molar-refractivity contribution in [3.05, 3.63) is 16.6 Å². The predicted octanol–water partition coefficient (Wildman–Crippen LogP) is 2.90. The Labute approximate surface area is 135 Å². The van der Waals surface area contributed by atoms with E-state index in [4.69, 9.17) is 0 Å². The van der Waals surface area contributed by atoms with Gasteiger partial charge in [-0.25, -0.2) is 0 Å². The zero-order valence-corrected chi connectivity index (χ0v) is 14.9. The molecule has 5 nitrogen and oxygen atoms in total. The number of fused-ring (bicyclic) bond motifs is 1. The van der Waals surface area contributed by atoms with Crippen molar-refractivity contribution in [2.75, 3.05) is 6.54 Å². The van der Waals surface area contributed by atoms with Gasteiger partial charge in [0.25, 0.3) is 5.91 Å². The summed E-state index contributed by atoms with van der Waals surface area (Å²) in [7, 11) is 1.90. The van der Waals surface area contributed by atoms with Crippen molar-refractivity contribution < 1.29 is 9.90 Å². The monoisotopic (exact) mass is 323 g/mol. The van der Waals surface area contributed by atoms with Crippen LogP contribution in [0.4, 0.5) is 0 Å². The first-order chi connectivity index (χ1) is 10.1. The van der Waals surface area contributed by atoms with E-state index in [9.17, 15) is 9.90 Å². The minimum Gasteiger partial charge on any atom is -0.388 e. The van der Waals surface area contributed by atoms with Gasteiger partial charge in [0, 0.05) is 19.0 Å². The average Bonchev–Trinajstić information content (AvgIpc) is 2.97. The van der Waals surface area contributed by atoms with Crippen molar-refractivity contribution in [1.29, 1.82) is 0 Å². The summed E-state index contributed by atoms with van der Waals surface area (Å²) < 4.78 is 1.83. The molecule has 2 aromatic heterocycles. The van der Waals surface area contributed by atoms with Crippen LogP contribution in [-0.4, -0.2) is 32.9 Å². The van der Waals surface area contributed by atoms with Gasteiger partial charge in [-0.3, -0.25) is 9.48 Å². The van der Waals surface area contributed by atoms with E-state index in [0.29, 0.717) is 10.8 Å². The van der Waals surface area contributed by atoms with Gasteiger partial charge in [0.05, 0.1) is 16.2 Å². The summed E-state index contributed by atoms with van der Waals surface area (Å²) in [5.74, 6) is 0.250. The van der Waals surface area contributed by atoms with E-state index < -0.39 is 5.60 Å². The zero-order valence-electron chi connectivity index (χ0n) is 14.1. The molecule has 122 valence electrons. The van der Waals surface area contributed by atoms with Gasteiger partial charge in [0.1, 0.15) is 4.83 Å². The maximum Gasteiger partial charge on any atom is 0.261 e. The van der Waals surface area contributed by atoms with Crippen LogP contribution in [0.3, 0.4) is 0 Å². The van der Waals surface area contributed by atoms with Gasteiger partial charge in [-0.1, -0.05) is 27.7 Å². The summed E-state index contributed by atoms with van der Waals surface area (Å²) in [5.41, 5.74) is 0.110.